The first-order valence-corrected chi connectivity index (χ1v) is 10.6. The topological polar surface area (TPSA) is 78.5 Å². The highest BCUT2D eigenvalue weighted by Crippen LogP contribution is 2.35. The lowest BCUT2D eigenvalue weighted by molar-refractivity contribution is -0.0435. The Morgan fingerprint density at radius 3 is 2.37 bits per heavy atom. The predicted octanol–water partition coefficient (Wildman–Crippen LogP) is 4.69. The van der Waals surface area contributed by atoms with Gasteiger partial charge in [0, 0.05) is 17.9 Å². The number of likely N-dealkylation sites (N-methyl/N-ethyl adjacent to an activating group) is 1. The third-order valence-corrected chi connectivity index (χ3v) is 6.09. The van der Waals surface area contributed by atoms with Gasteiger partial charge in [-0.1, -0.05) is 29.3 Å². The first kappa shape index (κ1) is 24.0. The Hall–Kier alpha value is -2.30. The molecule has 0 aliphatic rings. The number of carbonyl (C=O) groups excluding carboxylic acids is 1. The van der Waals surface area contributed by atoms with Crippen molar-refractivity contribution in [1.29, 1.82) is 0 Å². The van der Waals surface area contributed by atoms with E-state index in [-0.39, 0.29) is 5.69 Å². The monoisotopic (exact) mass is 463 g/mol. The molecule has 0 saturated carbocycles. The second kappa shape index (κ2) is 9.23. The summed E-state index contributed by atoms with van der Waals surface area (Å²) in [6.45, 7) is 2.66. The summed E-state index contributed by atoms with van der Waals surface area (Å²) in [6.07, 6.45) is 0.666. The summed E-state index contributed by atoms with van der Waals surface area (Å²) in [4.78, 5) is 13.2. The van der Waals surface area contributed by atoms with Crippen molar-refractivity contribution in [3.05, 3.63) is 52.5 Å². The Balaban J connectivity index is 2.23. The van der Waals surface area contributed by atoms with Crippen LogP contribution in [-0.2, 0) is 16.3 Å². The van der Waals surface area contributed by atoms with E-state index in [0.717, 1.165) is 23.7 Å². The molecule has 0 fully saturated rings. The summed E-state index contributed by atoms with van der Waals surface area (Å²) in [6, 6.07) is 7.58. The summed E-state index contributed by atoms with van der Waals surface area (Å²) in [7, 11) is -1.82. The molecule has 2 aromatic rings. The third kappa shape index (κ3) is 5.87. The number of amides is 2. The molecule has 6 nitrogen and oxygen atoms in total. The lowest BCUT2D eigenvalue weighted by Gasteiger charge is -2.16. The third-order valence-electron chi connectivity index (χ3n) is 4.12. The minimum absolute atomic E-state index is 0.151. The SMILES string of the molecule is Cc1ccc(NC(=O)Nc2ccc(Cl)c(S(=O)(=O)C(F)(F)F)c2)c(CCN(C)C)c1. The molecular formula is C19H21ClF3N3O3S. The number of carbonyl (C=O) groups is 1. The molecule has 0 aliphatic heterocycles. The van der Waals surface area contributed by atoms with Crippen LogP contribution >= 0.6 is 11.6 Å². The molecule has 0 radical (unpaired) electrons. The summed E-state index contributed by atoms with van der Waals surface area (Å²) in [5, 5.41) is 4.38. The quantitative estimate of drug-likeness (QED) is 0.651. The van der Waals surface area contributed by atoms with E-state index < -0.39 is 31.3 Å². The van der Waals surface area contributed by atoms with Crippen molar-refractivity contribution in [2.45, 2.75) is 23.7 Å². The summed E-state index contributed by atoms with van der Waals surface area (Å²) in [5.41, 5.74) is -3.23. The van der Waals surface area contributed by atoms with Crippen molar-refractivity contribution < 1.29 is 26.4 Å². The summed E-state index contributed by atoms with van der Waals surface area (Å²) < 4.78 is 61.8. The fourth-order valence-corrected chi connectivity index (χ4v) is 3.87. The highest BCUT2D eigenvalue weighted by atomic mass is 35.5. The number of hydrogen-bond acceptors (Lipinski definition) is 4. The van der Waals surface area contributed by atoms with Crippen LogP contribution in [0, 0.1) is 6.92 Å². The number of halogens is 4. The molecule has 0 atom stereocenters. The molecule has 2 N–H and O–H groups in total. The van der Waals surface area contributed by atoms with Crippen molar-refractivity contribution in [1.82, 2.24) is 4.90 Å². The Morgan fingerprint density at radius 1 is 1.10 bits per heavy atom. The van der Waals surface area contributed by atoms with E-state index in [2.05, 4.69) is 10.6 Å². The molecule has 0 aromatic heterocycles. The van der Waals surface area contributed by atoms with Crippen LogP contribution < -0.4 is 10.6 Å². The maximum Gasteiger partial charge on any atom is 0.501 e. The highest BCUT2D eigenvalue weighted by molar-refractivity contribution is 7.92. The predicted molar refractivity (Wildman–Crippen MR) is 111 cm³/mol. The molecule has 30 heavy (non-hydrogen) atoms. The smallest absolute Gasteiger partial charge is 0.309 e. The minimum atomic E-state index is -5.66. The van der Waals surface area contributed by atoms with Gasteiger partial charge in [0.15, 0.2) is 0 Å². The largest absolute Gasteiger partial charge is 0.501 e. The first-order valence-electron chi connectivity index (χ1n) is 8.74. The molecule has 0 unspecified atom stereocenters. The van der Waals surface area contributed by atoms with Crippen LogP contribution in [-0.4, -0.2) is 45.5 Å². The lowest BCUT2D eigenvalue weighted by Crippen LogP contribution is -2.24. The van der Waals surface area contributed by atoms with Gasteiger partial charge in [0.25, 0.3) is 9.84 Å². The van der Waals surface area contributed by atoms with Gasteiger partial charge in [-0.05, 0) is 57.3 Å². The van der Waals surface area contributed by atoms with Crippen LogP contribution in [0.5, 0.6) is 0 Å². The molecule has 2 rings (SSSR count). The molecule has 0 spiro atoms. The molecular weight excluding hydrogens is 443 g/mol. The zero-order valence-electron chi connectivity index (χ0n) is 16.5. The van der Waals surface area contributed by atoms with Gasteiger partial charge < -0.3 is 15.5 Å². The van der Waals surface area contributed by atoms with Crippen molar-refractivity contribution in [2.24, 2.45) is 0 Å². The fourth-order valence-electron chi connectivity index (χ4n) is 2.59. The number of benzene rings is 2. The van der Waals surface area contributed by atoms with E-state index in [1.165, 1.54) is 6.07 Å². The van der Waals surface area contributed by atoms with Crippen molar-refractivity contribution in [3.63, 3.8) is 0 Å². The number of sulfone groups is 1. The zero-order chi connectivity index (χ0) is 22.7. The number of aryl methyl sites for hydroxylation is 1. The number of rotatable bonds is 6. The number of urea groups is 1. The minimum Gasteiger partial charge on any atom is -0.309 e. The Morgan fingerprint density at radius 2 is 1.77 bits per heavy atom. The standard InChI is InChI=1S/C19H21ClF3N3O3S/c1-12-4-7-16(13(10-12)8-9-26(2)3)25-18(27)24-14-5-6-15(20)17(11-14)30(28,29)19(21,22)23/h4-7,10-11H,8-9H2,1-3H3,(H2,24,25,27). The van der Waals surface area contributed by atoms with Crippen molar-refractivity contribution in [3.8, 4) is 0 Å². The van der Waals surface area contributed by atoms with E-state index >= 15 is 0 Å². The van der Waals surface area contributed by atoms with Gasteiger partial charge in [-0.3, -0.25) is 0 Å². The van der Waals surface area contributed by atoms with Gasteiger partial charge in [-0.2, -0.15) is 13.2 Å². The molecule has 0 saturated heterocycles. The number of nitrogens with one attached hydrogen (secondary N) is 2. The molecule has 164 valence electrons. The molecule has 2 amide bonds. The van der Waals surface area contributed by atoms with Crippen LogP contribution in [0.3, 0.4) is 0 Å². The van der Waals surface area contributed by atoms with Crippen LogP contribution in [0.25, 0.3) is 0 Å². The van der Waals surface area contributed by atoms with Crippen LogP contribution in [0.15, 0.2) is 41.3 Å². The molecule has 2 aromatic carbocycles. The average Bonchev–Trinajstić information content (AvgIpc) is 2.62. The normalized spacial score (nSPS) is 12.1. The van der Waals surface area contributed by atoms with Crippen LogP contribution in [0.2, 0.25) is 5.02 Å². The number of nitrogens with zero attached hydrogens (tertiary/aromatic N) is 1. The molecule has 0 bridgehead atoms. The number of alkyl halides is 3. The lowest BCUT2D eigenvalue weighted by atomic mass is 10.1. The maximum absolute atomic E-state index is 12.8. The molecule has 0 aliphatic carbocycles. The van der Waals surface area contributed by atoms with Crippen molar-refractivity contribution >= 4 is 38.8 Å². The van der Waals surface area contributed by atoms with Crippen LogP contribution in [0.4, 0.5) is 29.3 Å². The van der Waals surface area contributed by atoms with E-state index in [0.29, 0.717) is 18.2 Å². The van der Waals surface area contributed by atoms with Gasteiger partial charge >= 0.3 is 11.5 Å². The van der Waals surface area contributed by atoms with E-state index in [4.69, 9.17) is 11.6 Å². The van der Waals surface area contributed by atoms with Gasteiger partial charge in [0.05, 0.1) is 9.92 Å². The molecule has 0 heterocycles. The van der Waals surface area contributed by atoms with Crippen LogP contribution in [0.1, 0.15) is 11.1 Å². The summed E-state index contributed by atoms with van der Waals surface area (Å²) in [5.74, 6) is 0. The zero-order valence-corrected chi connectivity index (χ0v) is 18.0. The van der Waals surface area contributed by atoms with E-state index in [1.807, 2.05) is 38.1 Å². The highest BCUT2D eigenvalue weighted by Gasteiger charge is 2.48. The van der Waals surface area contributed by atoms with Gasteiger partial charge in [-0.25, -0.2) is 13.2 Å². The van der Waals surface area contributed by atoms with E-state index in [9.17, 15) is 26.4 Å². The van der Waals surface area contributed by atoms with Gasteiger partial charge in [0.2, 0.25) is 0 Å². The Labute approximate surface area is 177 Å². The Bertz CT molecular complexity index is 1040. The second-order valence-electron chi connectivity index (χ2n) is 6.89. The maximum atomic E-state index is 12.8. The number of hydrogen-bond donors (Lipinski definition) is 2. The van der Waals surface area contributed by atoms with Crippen molar-refractivity contribution in [2.75, 3.05) is 31.3 Å². The molecule has 11 heteroatoms. The van der Waals surface area contributed by atoms with Gasteiger partial charge in [0.1, 0.15) is 0 Å². The fraction of sp³-hybridized carbons (Fsp3) is 0.316. The summed E-state index contributed by atoms with van der Waals surface area (Å²) >= 11 is 5.64. The van der Waals surface area contributed by atoms with E-state index in [1.54, 1.807) is 6.07 Å². The first-order chi connectivity index (χ1) is 13.8. The average molecular weight is 464 g/mol. The van der Waals surface area contributed by atoms with Gasteiger partial charge in [-0.15, -0.1) is 0 Å². The number of anilines is 2. The Kier molecular flexibility index (Phi) is 7.38. The second-order valence-corrected chi connectivity index (χ2v) is 9.20.